The van der Waals surface area contributed by atoms with Crippen molar-refractivity contribution in [2.75, 3.05) is 0 Å². The summed E-state index contributed by atoms with van der Waals surface area (Å²) in [6, 6.07) is 6.64. The molecule has 2 aliphatic rings. The number of Topliss-reactive ketones (excluding diaryl/α,β-unsaturated/α-hetero) is 3. The van der Waals surface area contributed by atoms with Gasteiger partial charge in [0, 0.05) is 17.5 Å². The maximum Gasteiger partial charge on any atom is 0.228 e. The lowest BCUT2D eigenvalue weighted by atomic mass is 9.87. The Balaban J connectivity index is 2.09. The second-order valence-corrected chi connectivity index (χ2v) is 4.43. The molecule has 4 heteroatoms. The SMILES string of the molecule is CC(=O)C1CC2=C(O1)C(=O)c1ccccc1C2=O. The van der Waals surface area contributed by atoms with E-state index in [-0.39, 0.29) is 29.5 Å². The average Bonchev–Trinajstić information content (AvgIpc) is 2.81. The number of hydrogen-bond acceptors (Lipinski definition) is 4. The van der Waals surface area contributed by atoms with Crippen molar-refractivity contribution in [2.45, 2.75) is 19.4 Å². The number of ketones is 3. The first-order chi connectivity index (χ1) is 8.59. The number of carbonyl (C=O) groups excluding carboxylic acids is 3. The first kappa shape index (κ1) is 10.9. The maximum atomic E-state index is 12.2. The van der Waals surface area contributed by atoms with Crippen molar-refractivity contribution >= 4 is 17.3 Å². The van der Waals surface area contributed by atoms with Crippen LogP contribution in [0.2, 0.25) is 0 Å². The summed E-state index contributed by atoms with van der Waals surface area (Å²) in [6.07, 6.45) is -0.499. The zero-order chi connectivity index (χ0) is 12.9. The van der Waals surface area contributed by atoms with Crippen molar-refractivity contribution in [3.05, 3.63) is 46.7 Å². The molecule has 0 saturated carbocycles. The Morgan fingerprint density at radius 3 is 2.39 bits per heavy atom. The van der Waals surface area contributed by atoms with Crippen LogP contribution in [0.4, 0.5) is 0 Å². The molecule has 1 aliphatic carbocycles. The van der Waals surface area contributed by atoms with E-state index in [4.69, 9.17) is 4.74 Å². The quantitative estimate of drug-likeness (QED) is 0.752. The molecule has 3 rings (SSSR count). The molecule has 0 spiro atoms. The third-order valence-electron chi connectivity index (χ3n) is 3.27. The Morgan fingerprint density at radius 1 is 1.17 bits per heavy atom. The highest BCUT2D eigenvalue weighted by Crippen LogP contribution is 2.35. The van der Waals surface area contributed by atoms with Gasteiger partial charge in [-0.2, -0.15) is 0 Å². The van der Waals surface area contributed by atoms with Crippen LogP contribution in [-0.4, -0.2) is 23.5 Å². The lowest BCUT2D eigenvalue weighted by Gasteiger charge is -2.14. The molecule has 0 saturated heterocycles. The zero-order valence-corrected chi connectivity index (χ0v) is 9.73. The number of rotatable bonds is 1. The van der Waals surface area contributed by atoms with Gasteiger partial charge in [0.2, 0.25) is 5.78 Å². The predicted octanol–water partition coefficient (Wildman–Crippen LogP) is 1.70. The van der Waals surface area contributed by atoms with Crippen LogP contribution < -0.4 is 0 Å². The van der Waals surface area contributed by atoms with Crippen LogP contribution in [0.25, 0.3) is 0 Å². The fraction of sp³-hybridized carbons (Fsp3) is 0.214. The van der Waals surface area contributed by atoms with Gasteiger partial charge in [-0.15, -0.1) is 0 Å². The van der Waals surface area contributed by atoms with Crippen LogP contribution in [0.5, 0.6) is 0 Å². The molecule has 0 amide bonds. The summed E-state index contributed by atoms with van der Waals surface area (Å²) >= 11 is 0. The number of benzene rings is 1. The molecule has 1 aromatic rings. The molecular formula is C14H10O4. The van der Waals surface area contributed by atoms with Crippen LogP contribution in [0.1, 0.15) is 34.1 Å². The molecule has 1 heterocycles. The van der Waals surface area contributed by atoms with Crippen molar-refractivity contribution in [1.82, 2.24) is 0 Å². The van der Waals surface area contributed by atoms with E-state index < -0.39 is 6.10 Å². The maximum absolute atomic E-state index is 12.2. The van der Waals surface area contributed by atoms with E-state index in [1.807, 2.05) is 0 Å². The minimum absolute atomic E-state index is 0.0545. The van der Waals surface area contributed by atoms with Gasteiger partial charge in [0.15, 0.2) is 23.4 Å². The molecular weight excluding hydrogens is 232 g/mol. The molecule has 1 aliphatic heterocycles. The van der Waals surface area contributed by atoms with E-state index in [0.717, 1.165) is 0 Å². The Bertz CT molecular complexity index is 577. The third kappa shape index (κ3) is 1.35. The molecule has 0 aromatic heterocycles. The summed E-state index contributed by atoms with van der Waals surface area (Å²) in [6.45, 7) is 1.39. The van der Waals surface area contributed by atoms with Gasteiger partial charge in [-0.1, -0.05) is 24.3 Å². The summed E-state index contributed by atoms with van der Waals surface area (Å²) in [5.41, 5.74) is 1.08. The monoisotopic (exact) mass is 242 g/mol. The highest BCUT2D eigenvalue weighted by atomic mass is 16.5. The van der Waals surface area contributed by atoms with Gasteiger partial charge in [0.25, 0.3) is 0 Å². The highest BCUT2D eigenvalue weighted by Gasteiger charge is 2.41. The van der Waals surface area contributed by atoms with Gasteiger partial charge in [0.1, 0.15) is 0 Å². The van der Waals surface area contributed by atoms with E-state index in [2.05, 4.69) is 0 Å². The minimum atomic E-state index is -0.697. The second kappa shape index (κ2) is 3.63. The van der Waals surface area contributed by atoms with Crippen molar-refractivity contribution < 1.29 is 19.1 Å². The number of fused-ring (bicyclic) bond motifs is 1. The van der Waals surface area contributed by atoms with Crippen LogP contribution in [0.15, 0.2) is 35.6 Å². The van der Waals surface area contributed by atoms with Crippen molar-refractivity contribution in [2.24, 2.45) is 0 Å². The molecule has 0 bridgehead atoms. The lowest BCUT2D eigenvalue weighted by Crippen LogP contribution is -2.20. The first-order valence-electron chi connectivity index (χ1n) is 5.68. The number of allylic oxidation sites excluding steroid dienone is 1. The fourth-order valence-electron chi connectivity index (χ4n) is 2.31. The molecule has 1 unspecified atom stereocenters. The second-order valence-electron chi connectivity index (χ2n) is 4.43. The van der Waals surface area contributed by atoms with E-state index >= 15 is 0 Å². The van der Waals surface area contributed by atoms with Gasteiger partial charge >= 0.3 is 0 Å². The van der Waals surface area contributed by atoms with Gasteiger partial charge in [-0.25, -0.2) is 0 Å². The zero-order valence-electron chi connectivity index (χ0n) is 9.73. The Hall–Kier alpha value is -2.23. The van der Waals surface area contributed by atoms with Gasteiger partial charge < -0.3 is 4.74 Å². The fourth-order valence-corrected chi connectivity index (χ4v) is 2.31. The topological polar surface area (TPSA) is 60.4 Å². The molecule has 4 nitrogen and oxygen atoms in total. The summed E-state index contributed by atoms with van der Waals surface area (Å²) in [5, 5.41) is 0. The van der Waals surface area contributed by atoms with Crippen molar-refractivity contribution in [3.8, 4) is 0 Å². The van der Waals surface area contributed by atoms with E-state index in [0.29, 0.717) is 16.7 Å². The minimum Gasteiger partial charge on any atom is -0.478 e. The average molecular weight is 242 g/mol. The van der Waals surface area contributed by atoms with E-state index in [1.54, 1.807) is 24.3 Å². The Morgan fingerprint density at radius 2 is 1.78 bits per heavy atom. The Kier molecular flexibility index (Phi) is 2.20. The number of ether oxygens (including phenoxy) is 1. The van der Waals surface area contributed by atoms with Gasteiger partial charge in [-0.05, 0) is 6.92 Å². The van der Waals surface area contributed by atoms with Crippen LogP contribution in [0, 0.1) is 0 Å². The molecule has 0 radical (unpaired) electrons. The smallest absolute Gasteiger partial charge is 0.228 e. The van der Waals surface area contributed by atoms with Gasteiger partial charge in [0.05, 0.1) is 5.57 Å². The standard InChI is InChI=1S/C14H10O4/c1-7(15)11-6-10-12(16)8-4-2-3-5-9(8)13(17)14(10)18-11/h2-5,11H,6H2,1H3. The Labute approximate surface area is 103 Å². The summed E-state index contributed by atoms with van der Waals surface area (Å²) in [4.78, 5) is 35.7. The van der Waals surface area contributed by atoms with Gasteiger partial charge in [-0.3, -0.25) is 14.4 Å². The van der Waals surface area contributed by atoms with E-state index in [1.165, 1.54) is 6.92 Å². The highest BCUT2D eigenvalue weighted by molar-refractivity contribution is 6.26. The van der Waals surface area contributed by atoms with Crippen LogP contribution in [-0.2, 0) is 9.53 Å². The molecule has 0 N–H and O–H groups in total. The van der Waals surface area contributed by atoms with Crippen molar-refractivity contribution in [3.63, 3.8) is 0 Å². The predicted molar refractivity (Wildman–Crippen MR) is 62.3 cm³/mol. The lowest BCUT2D eigenvalue weighted by molar-refractivity contribution is -0.124. The molecule has 90 valence electrons. The molecule has 18 heavy (non-hydrogen) atoms. The summed E-state index contributed by atoms with van der Waals surface area (Å²) in [7, 11) is 0. The van der Waals surface area contributed by atoms with E-state index in [9.17, 15) is 14.4 Å². The molecule has 0 fully saturated rings. The largest absolute Gasteiger partial charge is 0.478 e. The number of hydrogen-bond donors (Lipinski definition) is 0. The van der Waals surface area contributed by atoms with Crippen LogP contribution in [0.3, 0.4) is 0 Å². The first-order valence-corrected chi connectivity index (χ1v) is 5.68. The number of carbonyl (C=O) groups is 3. The third-order valence-corrected chi connectivity index (χ3v) is 3.27. The summed E-state index contributed by atoms with van der Waals surface area (Å²) in [5.74, 6) is -0.624. The normalized spacial score (nSPS) is 21.5. The molecule has 1 atom stereocenters. The van der Waals surface area contributed by atoms with Crippen LogP contribution >= 0.6 is 0 Å². The molecule has 1 aromatic carbocycles. The van der Waals surface area contributed by atoms with Crippen molar-refractivity contribution in [1.29, 1.82) is 0 Å². The summed E-state index contributed by atoms with van der Waals surface area (Å²) < 4.78 is 5.33.